The molecule has 0 amide bonds. The summed E-state index contributed by atoms with van der Waals surface area (Å²) >= 11 is 0. The van der Waals surface area contributed by atoms with Crippen molar-refractivity contribution in [3.8, 4) is 34.5 Å². The van der Waals surface area contributed by atoms with Gasteiger partial charge in [0, 0.05) is 17.2 Å². The first-order valence-corrected chi connectivity index (χ1v) is 5.83. The van der Waals surface area contributed by atoms with Crippen molar-refractivity contribution in [3.63, 3.8) is 0 Å². The van der Waals surface area contributed by atoms with Gasteiger partial charge in [-0.3, -0.25) is 0 Å². The molecule has 19 heavy (non-hydrogen) atoms. The van der Waals surface area contributed by atoms with Crippen LogP contribution in [0.2, 0.25) is 0 Å². The molecule has 0 fully saturated rings. The number of fused-ring (bicyclic) bond motifs is 2. The van der Waals surface area contributed by atoms with E-state index in [0.29, 0.717) is 29.7 Å². The Morgan fingerprint density at radius 1 is 0.842 bits per heavy atom. The van der Waals surface area contributed by atoms with Gasteiger partial charge in [0.1, 0.15) is 17.2 Å². The minimum atomic E-state index is -0.445. The Balaban J connectivity index is 2.21. The summed E-state index contributed by atoms with van der Waals surface area (Å²) in [6.07, 6.45) is 0.854. The zero-order valence-electron chi connectivity index (χ0n) is 9.92. The number of hydrogen-bond donors (Lipinski definition) is 4. The summed E-state index contributed by atoms with van der Waals surface area (Å²) in [6.45, 7) is 0. The van der Waals surface area contributed by atoms with Crippen molar-refractivity contribution in [1.82, 2.24) is 0 Å². The smallest absolute Gasteiger partial charge is 0.201 e. The predicted octanol–water partition coefficient (Wildman–Crippen LogP) is 2.40. The van der Waals surface area contributed by atoms with Crippen molar-refractivity contribution in [2.75, 3.05) is 0 Å². The largest absolute Gasteiger partial charge is 0.508 e. The topological polar surface area (TPSA) is 90.2 Å². The van der Waals surface area contributed by atoms with Gasteiger partial charge in [-0.15, -0.1) is 0 Å². The lowest BCUT2D eigenvalue weighted by Crippen LogP contribution is -1.90. The molecule has 1 heterocycles. The number of hydrogen-bond acceptors (Lipinski definition) is 5. The zero-order valence-corrected chi connectivity index (χ0v) is 9.92. The highest BCUT2D eigenvalue weighted by molar-refractivity contribution is 5.63. The molecule has 0 saturated carbocycles. The molecule has 1 aliphatic rings. The van der Waals surface area contributed by atoms with Gasteiger partial charge in [0.2, 0.25) is 5.75 Å². The average Bonchev–Trinajstić information content (AvgIpc) is 2.57. The highest BCUT2D eigenvalue weighted by atomic mass is 16.5. The van der Waals surface area contributed by atoms with Gasteiger partial charge in [-0.1, -0.05) is 6.07 Å². The molecule has 0 radical (unpaired) electrons. The molecule has 2 aromatic carbocycles. The van der Waals surface area contributed by atoms with Gasteiger partial charge in [-0.05, 0) is 25.0 Å². The minimum Gasteiger partial charge on any atom is -0.508 e. The van der Waals surface area contributed by atoms with E-state index in [1.165, 1.54) is 0 Å². The Bertz CT molecular complexity index is 663. The van der Waals surface area contributed by atoms with Crippen molar-refractivity contribution in [2.45, 2.75) is 12.8 Å². The van der Waals surface area contributed by atoms with E-state index in [1.54, 1.807) is 18.2 Å². The van der Waals surface area contributed by atoms with E-state index in [-0.39, 0.29) is 17.2 Å². The van der Waals surface area contributed by atoms with Crippen molar-refractivity contribution in [2.24, 2.45) is 0 Å². The summed E-state index contributed by atoms with van der Waals surface area (Å²) in [5.74, 6) is -0.462. The summed E-state index contributed by atoms with van der Waals surface area (Å²) in [7, 11) is 0. The fourth-order valence-electron chi connectivity index (χ4n) is 2.27. The third-order valence-electron chi connectivity index (χ3n) is 3.26. The molecule has 2 aromatic rings. The van der Waals surface area contributed by atoms with Crippen LogP contribution >= 0.6 is 0 Å². The summed E-state index contributed by atoms with van der Waals surface area (Å²) < 4.78 is 5.55. The molecule has 0 aromatic heterocycles. The van der Waals surface area contributed by atoms with Crippen LogP contribution in [0.4, 0.5) is 0 Å². The van der Waals surface area contributed by atoms with Gasteiger partial charge < -0.3 is 25.2 Å². The fraction of sp³-hybridized carbons (Fsp3) is 0.143. The number of phenolic OH excluding ortho intramolecular Hbond substituents is 4. The lowest BCUT2D eigenvalue weighted by atomic mass is 10.0. The summed E-state index contributed by atoms with van der Waals surface area (Å²) in [5.41, 5.74) is 1.02. The van der Waals surface area contributed by atoms with Crippen LogP contribution in [0, 0.1) is 0 Å². The molecule has 1 aliphatic heterocycles. The average molecular weight is 260 g/mol. The molecule has 0 spiro atoms. The number of rotatable bonds is 0. The SMILES string of the molecule is Oc1cc(O)c2c(c1O)Oc1cccc(O)c1CC2. The maximum Gasteiger partial charge on any atom is 0.201 e. The van der Waals surface area contributed by atoms with Crippen LogP contribution in [-0.2, 0) is 12.8 Å². The Kier molecular flexibility index (Phi) is 2.41. The molecule has 3 rings (SSSR count). The van der Waals surface area contributed by atoms with Crippen molar-refractivity contribution < 1.29 is 25.2 Å². The predicted molar refractivity (Wildman–Crippen MR) is 67.0 cm³/mol. The monoisotopic (exact) mass is 260 g/mol. The summed E-state index contributed by atoms with van der Waals surface area (Å²) in [6, 6.07) is 5.91. The summed E-state index contributed by atoms with van der Waals surface area (Å²) in [5, 5.41) is 39.0. The van der Waals surface area contributed by atoms with E-state index in [9.17, 15) is 20.4 Å². The van der Waals surface area contributed by atoms with Crippen LogP contribution in [-0.4, -0.2) is 20.4 Å². The lowest BCUT2D eigenvalue weighted by Gasteiger charge is -2.12. The standard InChI is InChI=1S/C14H12O5/c15-9-2-1-3-12-7(9)4-5-8-10(16)6-11(17)13(18)14(8)19-12/h1-3,6,15-18H,4-5H2. The minimum absolute atomic E-state index is 0.0295. The van der Waals surface area contributed by atoms with Crippen molar-refractivity contribution >= 4 is 0 Å². The highest BCUT2D eigenvalue weighted by Crippen LogP contribution is 2.48. The lowest BCUT2D eigenvalue weighted by molar-refractivity contribution is 0.363. The van der Waals surface area contributed by atoms with Gasteiger partial charge in [0.25, 0.3) is 0 Å². The van der Waals surface area contributed by atoms with E-state index in [4.69, 9.17) is 4.74 Å². The van der Waals surface area contributed by atoms with Gasteiger partial charge in [-0.2, -0.15) is 0 Å². The van der Waals surface area contributed by atoms with E-state index >= 15 is 0 Å². The van der Waals surface area contributed by atoms with Gasteiger partial charge in [0.05, 0.1) is 0 Å². The first kappa shape index (κ1) is 11.5. The Labute approximate surface area is 109 Å². The maximum atomic E-state index is 9.84. The van der Waals surface area contributed by atoms with Crippen LogP contribution in [0.25, 0.3) is 0 Å². The van der Waals surface area contributed by atoms with E-state index in [2.05, 4.69) is 0 Å². The van der Waals surface area contributed by atoms with Crippen LogP contribution in [0.1, 0.15) is 11.1 Å². The van der Waals surface area contributed by atoms with Gasteiger partial charge >= 0.3 is 0 Å². The molecule has 0 bridgehead atoms. The molecule has 5 heteroatoms. The molecule has 0 aliphatic carbocycles. The van der Waals surface area contributed by atoms with Crippen LogP contribution in [0.15, 0.2) is 24.3 Å². The first-order chi connectivity index (χ1) is 9.08. The van der Waals surface area contributed by atoms with Crippen LogP contribution in [0.3, 0.4) is 0 Å². The zero-order chi connectivity index (χ0) is 13.6. The van der Waals surface area contributed by atoms with Crippen LogP contribution in [0.5, 0.6) is 34.5 Å². The first-order valence-electron chi connectivity index (χ1n) is 5.83. The molecule has 5 nitrogen and oxygen atoms in total. The van der Waals surface area contributed by atoms with Crippen molar-refractivity contribution in [1.29, 1.82) is 0 Å². The third kappa shape index (κ3) is 1.71. The molecule has 98 valence electrons. The quantitative estimate of drug-likeness (QED) is 0.431. The number of phenols is 4. The second kappa shape index (κ2) is 3.98. The highest BCUT2D eigenvalue weighted by Gasteiger charge is 2.24. The Morgan fingerprint density at radius 3 is 2.37 bits per heavy atom. The van der Waals surface area contributed by atoms with Crippen molar-refractivity contribution in [3.05, 3.63) is 35.4 Å². The van der Waals surface area contributed by atoms with E-state index < -0.39 is 11.5 Å². The summed E-state index contributed by atoms with van der Waals surface area (Å²) in [4.78, 5) is 0. The molecular formula is C14H12O5. The normalized spacial score (nSPS) is 13.1. The van der Waals surface area contributed by atoms with Gasteiger partial charge in [-0.25, -0.2) is 0 Å². The second-order valence-electron chi connectivity index (χ2n) is 4.43. The van der Waals surface area contributed by atoms with E-state index in [1.807, 2.05) is 0 Å². The molecule has 4 N–H and O–H groups in total. The molecule has 0 saturated heterocycles. The maximum absolute atomic E-state index is 9.84. The number of aromatic hydroxyl groups is 4. The third-order valence-corrected chi connectivity index (χ3v) is 3.26. The number of ether oxygens (including phenoxy) is 1. The van der Waals surface area contributed by atoms with Crippen LogP contribution < -0.4 is 4.74 Å². The Hall–Kier alpha value is -2.56. The van der Waals surface area contributed by atoms with E-state index in [0.717, 1.165) is 6.07 Å². The molecular weight excluding hydrogens is 248 g/mol. The second-order valence-corrected chi connectivity index (χ2v) is 4.43. The fourth-order valence-corrected chi connectivity index (χ4v) is 2.27. The molecule has 0 atom stereocenters. The molecule has 0 unspecified atom stereocenters. The Morgan fingerprint density at radius 2 is 1.58 bits per heavy atom. The number of benzene rings is 2. The van der Waals surface area contributed by atoms with Gasteiger partial charge in [0.15, 0.2) is 11.5 Å².